The Balaban J connectivity index is 0.000000269. The van der Waals surface area contributed by atoms with E-state index in [0.29, 0.717) is 28.3 Å². The van der Waals surface area contributed by atoms with Crippen LogP contribution in [0.25, 0.3) is 0 Å². The minimum absolute atomic E-state index is 0.0882. The second-order valence-electron chi connectivity index (χ2n) is 7.19. The Morgan fingerprint density at radius 1 is 1.08 bits per heavy atom. The summed E-state index contributed by atoms with van der Waals surface area (Å²) in [7, 11) is 1.87. The number of carbonyl (C=O) groups excluding carboxylic acids is 1. The number of amides is 1. The van der Waals surface area contributed by atoms with Crippen molar-refractivity contribution in [2.75, 3.05) is 7.05 Å². The van der Waals surface area contributed by atoms with Gasteiger partial charge in [0, 0.05) is 32.2 Å². The van der Waals surface area contributed by atoms with Gasteiger partial charge in [-0.15, -0.1) is 0 Å². The van der Waals surface area contributed by atoms with Gasteiger partial charge in [-0.2, -0.15) is 28.4 Å². The first-order valence-corrected chi connectivity index (χ1v) is 10.9. The van der Waals surface area contributed by atoms with Crippen LogP contribution in [0, 0.1) is 11.5 Å². The van der Waals surface area contributed by atoms with Crippen molar-refractivity contribution in [2.24, 2.45) is 9.98 Å². The Kier molecular flexibility index (Phi) is 10.6. The van der Waals surface area contributed by atoms with Gasteiger partial charge in [-0.05, 0) is 42.3 Å². The fourth-order valence-corrected chi connectivity index (χ4v) is 2.84. The summed E-state index contributed by atoms with van der Waals surface area (Å²) in [6.45, 7) is 2.66. The van der Waals surface area contributed by atoms with E-state index in [1.54, 1.807) is 43.6 Å². The smallest absolute Gasteiger partial charge is 0.358 e. The number of hydrogen-bond donors (Lipinski definition) is 0. The van der Waals surface area contributed by atoms with Gasteiger partial charge in [-0.1, -0.05) is 41.4 Å². The fraction of sp³-hybridized carbons (Fsp3) is 0.217. The van der Waals surface area contributed by atoms with E-state index in [1.807, 2.05) is 18.0 Å². The molecular weight excluding hydrogens is 518 g/mol. The molecule has 13 heteroatoms. The van der Waals surface area contributed by atoms with Crippen molar-refractivity contribution in [3.8, 4) is 6.19 Å². The van der Waals surface area contributed by atoms with E-state index in [1.165, 1.54) is 29.1 Å². The molecule has 3 rings (SSSR count). The van der Waals surface area contributed by atoms with E-state index in [-0.39, 0.29) is 12.0 Å². The number of alkyl halides is 3. The van der Waals surface area contributed by atoms with Gasteiger partial charge in [0.05, 0.1) is 6.54 Å². The molecule has 8 nitrogen and oxygen atoms in total. The molecule has 0 fully saturated rings. The van der Waals surface area contributed by atoms with Crippen LogP contribution in [0.3, 0.4) is 0 Å². The quantitative estimate of drug-likeness (QED) is 0.209. The number of aliphatic imine (C=N–C) groups is 1. The van der Waals surface area contributed by atoms with Crippen LogP contribution >= 0.6 is 23.2 Å². The highest BCUT2D eigenvalue weighted by atomic mass is 35.5. The molecule has 0 radical (unpaired) electrons. The second kappa shape index (κ2) is 13.4. The number of rotatable bonds is 4. The Bertz CT molecular complexity index is 1300. The average molecular weight is 538 g/mol. The van der Waals surface area contributed by atoms with E-state index < -0.39 is 12.1 Å². The van der Waals surface area contributed by atoms with Crippen LogP contribution in [0.5, 0.6) is 0 Å². The molecule has 1 amide bonds. The predicted molar refractivity (Wildman–Crippen MR) is 129 cm³/mol. The highest BCUT2D eigenvalue weighted by molar-refractivity contribution is 6.29. The summed E-state index contributed by atoms with van der Waals surface area (Å²) in [5.41, 5.74) is 1.65. The first kappa shape index (κ1) is 28.5. The van der Waals surface area contributed by atoms with Gasteiger partial charge in [0.15, 0.2) is 0 Å². The van der Waals surface area contributed by atoms with E-state index in [4.69, 9.17) is 28.5 Å². The average Bonchev–Trinajstić information content (AvgIpc) is 2.83. The molecule has 188 valence electrons. The highest BCUT2D eigenvalue weighted by Crippen LogP contribution is 2.16. The molecule has 0 aromatic carbocycles. The van der Waals surface area contributed by atoms with Gasteiger partial charge in [-0.25, -0.2) is 9.97 Å². The molecule has 0 aliphatic rings. The third kappa shape index (κ3) is 9.48. The summed E-state index contributed by atoms with van der Waals surface area (Å²) < 4.78 is 38.2. The van der Waals surface area contributed by atoms with Crippen molar-refractivity contribution in [3.05, 3.63) is 88.0 Å². The number of halogens is 5. The molecule has 0 N–H and O–H groups in total. The van der Waals surface area contributed by atoms with Gasteiger partial charge in [-0.3, -0.25) is 4.79 Å². The van der Waals surface area contributed by atoms with Crippen molar-refractivity contribution in [1.29, 1.82) is 5.26 Å². The lowest BCUT2D eigenvalue weighted by Crippen LogP contribution is -2.27. The van der Waals surface area contributed by atoms with Gasteiger partial charge in [0.25, 0.3) is 0 Å². The lowest BCUT2D eigenvalue weighted by Gasteiger charge is -2.17. The third-order valence-electron chi connectivity index (χ3n) is 4.49. The number of pyridine rings is 3. The van der Waals surface area contributed by atoms with Gasteiger partial charge < -0.3 is 9.47 Å². The minimum Gasteiger partial charge on any atom is -0.358 e. The minimum atomic E-state index is -4.99. The maximum absolute atomic E-state index is 12.3. The van der Waals surface area contributed by atoms with Crippen molar-refractivity contribution >= 4 is 34.9 Å². The van der Waals surface area contributed by atoms with Gasteiger partial charge in [0.2, 0.25) is 6.19 Å². The number of hydrogen-bond acceptors (Lipinski definition) is 5. The normalized spacial score (nSPS) is 11.8. The van der Waals surface area contributed by atoms with Crippen LogP contribution in [0.15, 0.2) is 71.0 Å². The maximum Gasteiger partial charge on any atom is 0.473 e. The van der Waals surface area contributed by atoms with Crippen LogP contribution in [0.4, 0.5) is 13.2 Å². The molecule has 0 spiro atoms. The number of nitriles is 1. The zero-order valence-corrected chi connectivity index (χ0v) is 20.6. The SMILES string of the molecule is CC(=NC#N)N(C)Cc1ccc(Cl)nc1.O=C(N=c1ccccn1Cc1ccc(Cl)nc1)C(F)(F)F. The summed E-state index contributed by atoms with van der Waals surface area (Å²) in [4.78, 5) is 27.4. The monoisotopic (exact) mass is 537 g/mol. The molecule has 0 bridgehead atoms. The van der Waals surface area contributed by atoms with Crippen molar-refractivity contribution < 1.29 is 18.0 Å². The van der Waals surface area contributed by atoms with Crippen molar-refractivity contribution in [2.45, 2.75) is 26.2 Å². The van der Waals surface area contributed by atoms with Crippen molar-refractivity contribution in [3.63, 3.8) is 0 Å². The zero-order chi connectivity index (χ0) is 26.7. The zero-order valence-electron chi connectivity index (χ0n) is 19.1. The van der Waals surface area contributed by atoms with E-state index >= 15 is 0 Å². The highest BCUT2D eigenvalue weighted by Gasteiger charge is 2.38. The Morgan fingerprint density at radius 3 is 2.22 bits per heavy atom. The number of nitrogens with zero attached hydrogens (tertiary/aromatic N) is 7. The molecule has 36 heavy (non-hydrogen) atoms. The lowest BCUT2D eigenvalue weighted by molar-refractivity contribution is -0.169. The van der Waals surface area contributed by atoms with Gasteiger partial charge in [0.1, 0.15) is 21.6 Å². The van der Waals surface area contributed by atoms with Crippen LogP contribution in [0.2, 0.25) is 10.3 Å². The Hall–Kier alpha value is -3.75. The molecule has 0 saturated heterocycles. The summed E-state index contributed by atoms with van der Waals surface area (Å²) in [6, 6.07) is 11.3. The van der Waals surface area contributed by atoms with E-state index in [9.17, 15) is 18.0 Å². The Labute approximate surface area is 215 Å². The topological polar surface area (TPSA) is 99.5 Å². The summed E-state index contributed by atoms with van der Waals surface area (Å²) >= 11 is 11.3. The van der Waals surface area contributed by atoms with E-state index in [2.05, 4.69) is 20.0 Å². The first-order valence-electron chi connectivity index (χ1n) is 10.2. The molecule has 0 saturated carbocycles. The van der Waals surface area contributed by atoms with Crippen LogP contribution in [0.1, 0.15) is 18.1 Å². The molecular formula is C23H20Cl2F3N7O. The number of aromatic nitrogens is 3. The lowest BCUT2D eigenvalue weighted by atomic mass is 10.3. The Morgan fingerprint density at radius 2 is 1.69 bits per heavy atom. The summed E-state index contributed by atoms with van der Waals surface area (Å²) in [6.07, 6.45) is 1.49. The van der Waals surface area contributed by atoms with Crippen LogP contribution in [-0.4, -0.2) is 44.4 Å². The summed E-state index contributed by atoms with van der Waals surface area (Å²) in [5.74, 6) is -1.47. The largest absolute Gasteiger partial charge is 0.473 e. The molecule has 0 aliphatic heterocycles. The molecule has 0 aliphatic carbocycles. The van der Waals surface area contributed by atoms with Crippen LogP contribution < -0.4 is 5.49 Å². The standard InChI is InChI=1S/C13H9ClF3N3O.C10H11ClN4/c14-10-5-4-9(7-18-10)8-20-6-2-1-3-11(20)19-12(21)13(15,16)17;1-8(14-7-12)15(2)6-9-3-4-10(11)13-5-9/h1-7H,8H2;3-5H,6H2,1-2H3. The molecule has 0 unspecified atom stereocenters. The summed E-state index contributed by atoms with van der Waals surface area (Å²) in [5, 5.41) is 9.18. The second-order valence-corrected chi connectivity index (χ2v) is 7.97. The first-order chi connectivity index (χ1) is 17.0. The number of amidine groups is 1. The van der Waals surface area contributed by atoms with Crippen LogP contribution in [-0.2, 0) is 17.9 Å². The third-order valence-corrected chi connectivity index (χ3v) is 4.94. The molecule has 3 heterocycles. The molecule has 3 aromatic heterocycles. The van der Waals surface area contributed by atoms with Crippen molar-refractivity contribution in [1.82, 2.24) is 19.4 Å². The predicted octanol–water partition coefficient (Wildman–Crippen LogP) is 4.64. The number of carbonyl (C=O) groups is 1. The van der Waals surface area contributed by atoms with E-state index in [0.717, 1.165) is 5.56 Å². The molecule has 0 atom stereocenters. The fourth-order valence-electron chi connectivity index (χ4n) is 2.61. The maximum atomic E-state index is 12.3. The molecule has 3 aromatic rings. The van der Waals surface area contributed by atoms with Gasteiger partial charge >= 0.3 is 12.1 Å².